The monoisotopic (exact) mass is 512 g/mol. The molecule has 2 fully saturated rings. The van der Waals surface area contributed by atoms with Crippen LogP contribution in [0.5, 0.6) is 5.75 Å². The molecule has 1 unspecified atom stereocenters. The number of H-pyrrole nitrogens is 1. The maximum atomic E-state index is 13.0. The number of fused-ring (bicyclic) bond motifs is 1. The van der Waals surface area contributed by atoms with Gasteiger partial charge in [0.15, 0.2) is 11.4 Å². The minimum absolute atomic E-state index is 0. The van der Waals surface area contributed by atoms with Gasteiger partial charge in [-0.15, -0.1) is 0 Å². The molecule has 36 heavy (non-hydrogen) atoms. The summed E-state index contributed by atoms with van der Waals surface area (Å²) in [5.41, 5.74) is 3.70. The van der Waals surface area contributed by atoms with Crippen LogP contribution in [0.4, 0.5) is 0 Å². The number of likely N-dealkylation sites (N-methyl/N-ethyl adjacent to an activating group) is 1. The van der Waals surface area contributed by atoms with Gasteiger partial charge in [-0.2, -0.15) is 0 Å². The van der Waals surface area contributed by atoms with E-state index in [9.17, 15) is 13.2 Å². The first kappa shape index (κ1) is 24.9. The first-order valence-electron chi connectivity index (χ1n) is 12.6. The van der Waals surface area contributed by atoms with Gasteiger partial charge in [-0.3, -0.25) is 4.79 Å². The van der Waals surface area contributed by atoms with Crippen molar-refractivity contribution in [3.8, 4) is 17.0 Å². The Balaban J connectivity index is 0.00000320. The molecule has 2 aliphatic rings. The molecule has 5 rings (SSSR count). The number of carbonyl (C=O) groups excluding carboxylic acids is 1. The third-order valence-electron chi connectivity index (χ3n) is 7.21. The van der Waals surface area contributed by atoms with Crippen molar-refractivity contribution >= 4 is 26.8 Å². The molecular weight excluding hydrogens is 476 g/mol. The number of nitrogens with zero attached hydrogens (tertiary/aromatic N) is 3. The summed E-state index contributed by atoms with van der Waals surface area (Å²) < 4.78 is 30.4. The molecule has 194 valence electrons. The number of Topliss-reactive ketones (excluding diaryl/α,β-unsaturated/α-hetero) is 1. The molecule has 1 atom stereocenters. The molecule has 1 aromatic carbocycles. The first-order valence-corrected chi connectivity index (χ1v) is 14.4. The number of aromatic amines is 1. The number of likely N-dealkylation sites (tertiary alicyclic amines) is 1. The van der Waals surface area contributed by atoms with Crippen LogP contribution in [0, 0.1) is 5.41 Å². The summed E-state index contributed by atoms with van der Waals surface area (Å²) in [6.07, 6.45) is 5.67. The number of ketones is 1. The molecule has 8 nitrogen and oxygen atoms in total. The van der Waals surface area contributed by atoms with Crippen molar-refractivity contribution in [1.29, 1.82) is 0 Å². The van der Waals surface area contributed by atoms with E-state index in [0.29, 0.717) is 35.3 Å². The lowest BCUT2D eigenvalue weighted by Crippen LogP contribution is -2.23. The molecule has 9 heteroatoms. The zero-order chi connectivity index (χ0) is 25.7. The second kappa shape index (κ2) is 9.27. The number of hydrogen-bond acceptors (Lipinski definition) is 7. The zero-order valence-electron chi connectivity index (χ0n) is 21.4. The molecule has 0 saturated carbocycles. The van der Waals surface area contributed by atoms with Gasteiger partial charge in [0, 0.05) is 31.7 Å². The van der Waals surface area contributed by atoms with E-state index in [1.165, 1.54) is 0 Å². The molecule has 3 aromatic rings. The van der Waals surface area contributed by atoms with Crippen LogP contribution in [-0.2, 0) is 9.84 Å². The third-order valence-corrected chi connectivity index (χ3v) is 8.92. The molecule has 4 heterocycles. The van der Waals surface area contributed by atoms with Crippen molar-refractivity contribution in [3.05, 3.63) is 41.7 Å². The van der Waals surface area contributed by atoms with E-state index in [-0.39, 0.29) is 30.7 Å². The minimum Gasteiger partial charge on any atom is -0.489 e. The first-order chi connectivity index (χ1) is 17.0. The molecule has 2 aromatic heterocycles. The van der Waals surface area contributed by atoms with E-state index in [4.69, 9.17) is 9.72 Å². The SMILES string of the molecule is CN1CCC(Oc2cc(-c3cnc4[nH]cc(C(=O)C(C)(C)C)c4n3)cc(C3CCS(=O)(=O)CC3)c2)C1.[HH]. The maximum absolute atomic E-state index is 13.0. The standard InChI is InChI=1S/C27H34N4O4S.H2/c1-27(2,3)25(32)22-14-28-26-24(22)30-23(15-29-26)19-11-18(17-6-9-36(33,34)10-7-17)12-21(13-19)35-20-5-8-31(4)16-20;/h11-15,17,20H,5-10,16H2,1-4H3,(H,28,29);1H. The van der Waals surface area contributed by atoms with Gasteiger partial charge in [-0.1, -0.05) is 20.8 Å². The number of sulfone groups is 1. The summed E-state index contributed by atoms with van der Waals surface area (Å²) in [5, 5.41) is 0. The van der Waals surface area contributed by atoms with E-state index in [0.717, 1.165) is 36.4 Å². The van der Waals surface area contributed by atoms with Crippen molar-refractivity contribution in [2.75, 3.05) is 31.6 Å². The second-order valence-corrected chi connectivity index (χ2v) is 13.5. The Kier molecular flexibility index (Phi) is 6.41. The van der Waals surface area contributed by atoms with Gasteiger partial charge in [0.2, 0.25) is 0 Å². The average Bonchev–Trinajstić information content (AvgIpc) is 3.43. The minimum atomic E-state index is -2.96. The van der Waals surface area contributed by atoms with E-state index < -0.39 is 15.3 Å². The fourth-order valence-corrected chi connectivity index (χ4v) is 6.58. The number of benzene rings is 1. The maximum Gasteiger partial charge on any atom is 0.171 e. The Morgan fingerprint density at radius 3 is 2.58 bits per heavy atom. The van der Waals surface area contributed by atoms with Crippen LogP contribution < -0.4 is 4.74 Å². The van der Waals surface area contributed by atoms with E-state index in [1.54, 1.807) is 12.4 Å². The average molecular weight is 513 g/mol. The number of carbonyl (C=O) groups is 1. The molecular formula is C27H36N4O4S. The van der Waals surface area contributed by atoms with Gasteiger partial charge in [0.1, 0.15) is 27.2 Å². The summed E-state index contributed by atoms with van der Waals surface area (Å²) in [7, 11) is -0.869. The smallest absolute Gasteiger partial charge is 0.171 e. The summed E-state index contributed by atoms with van der Waals surface area (Å²) in [5.74, 6) is 1.33. The third kappa shape index (κ3) is 5.18. The normalized spacial score (nSPS) is 21.2. The van der Waals surface area contributed by atoms with Crippen molar-refractivity contribution in [2.45, 2.75) is 52.1 Å². The van der Waals surface area contributed by atoms with Crippen LogP contribution in [0.1, 0.15) is 63.3 Å². The number of nitrogens with one attached hydrogen (secondary N) is 1. The highest BCUT2D eigenvalue weighted by Crippen LogP contribution is 2.36. The molecule has 0 aliphatic carbocycles. The zero-order valence-corrected chi connectivity index (χ0v) is 22.2. The highest BCUT2D eigenvalue weighted by molar-refractivity contribution is 7.91. The van der Waals surface area contributed by atoms with Crippen molar-refractivity contribution in [1.82, 2.24) is 19.9 Å². The van der Waals surface area contributed by atoms with Crippen LogP contribution in [0.3, 0.4) is 0 Å². The Hall–Kier alpha value is -2.78. The molecule has 2 aliphatic heterocycles. The highest BCUT2D eigenvalue weighted by Gasteiger charge is 2.28. The quantitative estimate of drug-likeness (QED) is 0.503. The number of rotatable bonds is 5. The topological polar surface area (TPSA) is 105 Å². The Bertz CT molecular complexity index is 1400. The van der Waals surface area contributed by atoms with Crippen molar-refractivity contribution in [2.24, 2.45) is 5.41 Å². The fourth-order valence-electron chi connectivity index (χ4n) is 5.09. The Labute approximate surface area is 213 Å². The summed E-state index contributed by atoms with van der Waals surface area (Å²) in [6, 6.07) is 6.11. The molecule has 0 amide bonds. The lowest BCUT2D eigenvalue weighted by Gasteiger charge is -2.24. The van der Waals surface area contributed by atoms with Crippen LogP contribution in [0.25, 0.3) is 22.4 Å². The lowest BCUT2D eigenvalue weighted by atomic mass is 9.87. The molecule has 0 bridgehead atoms. The largest absolute Gasteiger partial charge is 0.489 e. The summed E-state index contributed by atoms with van der Waals surface area (Å²) in [4.78, 5) is 27.7. The predicted molar refractivity (Wildman–Crippen MR) is 142 cm³/mol. The van der Waals surface area contributed by atoms with Gasteiger partial charge in [-0.25, -0.2) is 18.4 Å². The predicted octanol–water partition coefficient (Wildman–Crippen LogP) is 4.47. The van der Waals surface area contributed by atoms with Gasteiger partial charge < -0.3 is 14.6 Å². The Morgan fingerprint density at radius 2 is 1.92 bits per heavy atom. The number of ether oxygens (including phenoxy) is 1. The summed E-state index contributed by atoms with van der Waals surface area (Å²) in [6.45, 7) is 7.54. The Morgan fingerprint density at radius 1 is 1.17 bits per heavy atom. The van der Waals surface area contributed by atoms with Crippen molar-refractivity contribution < 1.29 is 19.4 Å². The van der Waals surface area contributed by atoms with E-state index in [1.807, 2.05) is 26.8 Å². The fraction of sp³-hybridized carbons (Fsp3) is 0.519. The van der Waals surface area contributed by atoms with Crippen LogP contribution in [-0.4, -0.2) is 71.8 Å². The van der Waals surface area contributed by atoms with E-state index in [2.05, 4.69) is 34.0 Å². The van der Waals surface area contributed by atoms with Crippen LogP contribution in [0.2, 0.25) is 0 Å². The van der Waals surface area contributed by atoms with Gasteiger partial charge >= 0.3 is 0 Å². The lowest BCUT2D eigenvalue weighted by molar-refractivity contribution is 0.0860. The van der Waals surface area contributed by atoms with Crippen LogP contribution in [0.15, 0.2) is 30.6 Å². The molecule has 0 radical (unpaired) electrons. The highest BCUT2D eigenvalue weighted by atomic mass is 32.2. The molecule has 1 N–H and O–H groups in total. The van der Waals surface area contributed by atoms with Crippen molar-refractivity contribution in [3.63, 3.8) is 0 Å². The van der Waals surface area contributed by atoms with Gasteiger partial charge in [-0.05, 0) is 56.0 Å². The molecule has 2 saturated heterocycles. The van der Waals surface area contributed by atoms with Crippen LogP contribution >= 0.6 is 0 Å². The molecule has 0 spiro atoms. The number of aromatic nitrogens is 3. The van der Waals surface area contributed by atoms with Gasteiger partial charge in [0.05, 0.1) is 29.0 Å². The number of hydrogen-bond donors (Lipinski definition) is 1. The second-order valence-electron chi connectivity index (χ2n) is 11.2. The summed E-state index contributed by atoms with van der Waals surface area (Å²) >= 11 is 0. The van der Waals surface area contributed by atoms with Gasteiger partial charge in [0.25, 0.3) is 0 Å². The van der Waals surface area contributed by atoms with E-state index >= 15 is 0 Å².